The second-order valence-electron chi connectivity index (χ2n) is 6.81. The fourth-order valence-electron chi connectivity index (χ4n) is 3.42. The number of amides is 1. The highest BCUT2D eigenvalue weighted by Gasteiger charge is 2.35. The first-order valence-corrected chi connectivity index (χ1v) is 8.60. The molecule has 4 nitrogen and oxygen atoms in total. The Bertz CT molecular complexity index is 750. The number of nitrogens with zero attached hydrogens (tertiary/aromatic N) is 3. The molecule has 0 aromatic heterocycles. The monoisotopic (exact) mass is 321 g/mol. The SMILES string of the molecule is CN(C)c1ccc(C(=O)N2CCN(C3CC3)c3ccccc32)cc1. The van der Waals surface area contributed by atoms with E-state index in [1.807, 2.05) is 54.2 Å². The zero-order chi connectivity index (χ0) is 16.7. The first-order chi connectivity index (χ1) is 11.6. The Labute approximate surface area is 143 Å². The molecule has 1 aliphatic heterocycles. The third-order valence-electron chi connectivity index (χ3n) is 4.91. The average Bonchev–Trinajstić information content (AvgIpc) is 3.45. The number of anilines is 3. The second kappa shape index (κ2) is 5.86. The van der Waals surface area contributed by atoms with Crippen molar-refractivity contribution in [3.63, 3.8) is 0 Å². The van der Waals surface area contributed by atoms with E-state index in [0.717, 1.165) is 30.0 Å². The third-order valence-corrected chi connectivity index (χ3v) is 4.91. The standard InChI is InChI=1S/C20H23N3O/c1-21(2)16-9-7-15(8-10-16)20(24)23-14-13-22(17-11-12-17)18-5-3-4-6-19(18)23/h3-10,17H,11-14H2,1-2H3. The summed E-state index contributed by atoms with van der Waals surface area (Å²) in [7, 11) is 4.01. The van der Waals surface area contributed by atoms with E-state index in [1.54, 1.807) is 0 Å². The molecule has 124 valence electrons. The van der Waals surface area contributed by atoms with Gasteiger partial charge in [-0.15, -0.1) is 0 Å². The van der Waals surface area contributed by atoms with Crippen molar-refractivity contribution in [1.82, 2.24) is 0 Å². The number of carbonyl (C=O) groups is 1. The van der Waals surface area contributed by atoms with Gasteiger partial charge in [-0.1, -0.05) is 12.1 Å². The summed E-state index contributed by atoms with van der Waals surface area (Å²) in [5, 5.41) is 0. The van der Waals surface area contributed by atoms with Crippen LogP contribution in [0.15, 0.2) is 48.5 Å². The van der Waals surface area contributed by atoms with Crippen LogP contribution >= 0.6 is 0 Å². The van der Waals surface area contributed by atoms with Crippen molar-refractivity contribution in [2.75, 3.05) is 41.9 Å². The van der Waals surface area contributed by atoms with E-state index in [-0.39, 0.29) is 5.91 Å². The van der Waals surface area contributed by atoms with Gasteiger partial charge in [0.25, 0.3) is 5.91 Å². The molecular formula is C20H23N3O. The third kappa shape index (κ3) is 2.62. The van der Waals surface area contributed by atoms with Gasteiger partial charge in [0.15, 0.2) is 0 Å². The van der Waals surface area contributed by atoms with Gasteiger partial charge in [0.2, 0.25) is 0 Å². The summed E-state index contributed by atoms with van der Waals surface area (Å²) in [6.07, 6.45) is 2.54. The molecule has 4 heteroatoms. The predicted molar refractivity (Wildman–Crippen MR) is 99.3 cm³/mol. The van der Waals surface area contributed by atoms with Gasteiger partial charge >= 0.3 is 0 Å². The van der Waals surface area contributed by atoms with Crippen LogP contribution in [0.5, 0.6) is 0 Å². The fraction of sp³-hybridized carbons (Fsp3) is 0.350. The zero-order valence-corrected chi connectivity index (χ0v) is 14.3. The number of benzene rings is 2. The number of fused-ring (bicyclic) bond motifs is 1. The van der Waals surface area contributed by atoms with Crippen LogP contribution in [0.2, 0.25) is 0 Å². The summed E-state index contributed by atoms with van der Waals surface area (Å²) >= 11 is 0. The van der Waals surface area contributed by atoms with Crippen LogP contribution < -0.4 is 14.7 Å². The fourth-order valence-corrected chi connectivity index (χ4v) is 3.42. The van der Waals surface area contributed by atoms with Gasteiger partial charge in [0, 0.05) is 44.5 Å². The van der Waals surface area contributed by atoms with Crippen molar-refractivity contribution in [3.8, 4) is 0 Å². The lowest BCUT2D eigenvalue weighted by molar-refractivity contribution is 0.0986. The molecule has 2 aromatic carbocycles. The highest BCUT2D eigenvalue weighted by atomic mass is 16.2. The summed E-state index contributed by atoms with van der Waals surface area (Å²) in [4.78, 5) is 19.5. The highest BCUT2D eigenvalue weighted by molar-refractivity contribution is 6.08. The van der Waals surface area contributed by atoms with E-state index in [9.17, 15) is 4.79 Å². The minimum atomic E-state index is 0.0863. The predicted octanol–water partition coefficient (Wildman–Crippen LogP) is 3.38. The Morgan fingerprint density at radius 1 is 0.958 bits per heavy atom. The molecule has 0 unspecified atom stereocenters. The second-order valence-corrected chi connectivity index (χ2v) is 6.81. The summed E-state index contributed by atoms with van der Waals surface area (Å²) in [6.45, 7) is 1.67. The Morgan fingerprint density at radius 3 is 2.25 bits per heavy atom. The van der Waals surface area contributed by atoms with E-state index in [1.165, 1.54) is 18.5 Å². The van der Waals surface area contributed by atoms with E-state index in [4.69, 9.17) is 0 Å². The van der Waals surface area contributed by atoms with E-state index in [0.29, 0.717) is 6.04 Å². The summed E-state index contributed by atoms with van der Waals surface area (Å²) in [5.74, 6) is 0.0863. The van der Waals surface area contributed by atoms with Gasteiger partial charge in [-0.25, -0.2) is 0 Å². The summed E-state index contributed by atoms with van der Waals surface area (Å²) < 4.78 is 0. The molecule has 0 bridgehead atoms. The maximum absolute atomic E-state index is 13.0. The van der Waals surface area contributed by atoms with Gasteiger partial charge in [-0.3, -0.25) is 4.79 Å². The molecule has 1 heterocycles. The quantitative estimate of drug-likeness (QED) is 0.867. The largest absolute Gasteiger partial charge is 0.378 e. The lowest BCUT2D eigenvalue weighted by Gasteiger charge is -2.38. The Morgan fingerprint density at radius 2 is 1.62 bits per heavy atom. The Balaban J connectivity index is 1.63. The van der Waals surface area contributed by atoms with Crippen LogP contribution in [0.3, 0.4) is 0 Å². The maximum Gasteiger partial charge on any atom is 0.258 e. The molecular weight excluding hydrogens is 298 g/mol. The number of rotatable bonds is 3. The number of para-hydroxylation sites is 2. The van der Waals surface area contributed by atoms with Crippen molar-refractivity contribution in [2.24, 2.45) is 0 Å². The Kier molecular flexibility index (Phi) is 3.68. The minimum Gasteiger partial charge on any atom is -0.378 e. The van der Waals surface area contributed by atoms with Crippen LogP contribution in [0.25, 0.3) is 0 Å². The van der Waals surface area contributed by atoms with Crippen LogP contribution in [-0.4, -0.2) is 39.1 Å². The van der Waals surface area contributed by atoms with Gasteiger partial charge in [-0.2, -0.15) is 0 Å². The van der Waals surface area contributed by atoms with Crippen LogP contribution in [-0.2, 0) is 0 Å². The smallest absolute Gasteiger partial charge is 0.258 e. The molecule has 1 saturated carbocycles. The molecule has 4 rings (SSSR count). The van der Waals surface area contributed by atoms with E-state index >= 15 is 0 Å². The van der Waals surface area contributed by atoms with E-state index < -0.39 is 0 Å². The normalized spacial score (nSPS) is 16.8. The van der Waals surface area contributed by atoms with Crippen molar-refractivity contribution < 1.29 is 4.79 Å². The number of carbonyl (C=O) groups excluding carboxylic acids is 1. The molecule has 2 aliphatic rings. The maximum atomic E-state index is 13.0. The van der Waals surface area contributed by atoms with Crippen LogP contribution in [0.1, 0.15) is 23.2 Å². The zero-order valence-electron chi connectivity index (χ0n) is 14.3. The van der Waals surface area contributed by atoms with E-state index in [2.05, 4.69) is 23.1 Å². The van der Waals surface area contributed by atoms with Gasteiger partial charge in [-0.05, 0) is 49.2 Å². The van der Waals surface area contributed by atoms with Crippen molar-refractivity contribution >= 4 is 23.0 Å². The number of hydrogen-bond acceptors (Lipinski definition) is 3. The number of hydrogen-bond donors (Lipinski definition) is 0. The first kappa shape index (κ1) is 15.1. The molecule has 0 radical (unpaired) electrons. The van der Waals surface area contributed by atoms with Crippen molar-refractivity contribution in [2.45, 2.75) is 18.9 Å². The molecule has 1 amide bonds. The summed E-state index contributed by atoms with van der Waals surface area (Å²) in [5.41, 5.74) is 4.09. The minimum absolute atomic E-state index is 0.0863. The molecule has 1 fully saturated rings. The molecule has 2 aromatic rings. The molecule has 0 N–H and O–H groups in total. The molecule has 0 saturated heterocycles. The van der Waals surface area contributed by atoms with Crippen LogP contribution in [0, 0.1) is 0 Å². The lowest BCUT2D eigenvalue weighted by Crippen LogP contribution is -2.45. The first-order valence-electron chi connectivity index (χ1n) is 8.60. The lowest BCUT2D eigenvalue weighted by atomic mass is 10.1. The topological polar surface area (TPSA) is 26.8 Å². The van der Waals surface area contributed by atoms with Gasteiger partial charge < -0.3 is 14.7 Å². The molecule has 0 atom stereocenters. The Hall–Kier alpha value is -2.49. The highest BCUT2D eigenvalue weighted by Crippen LogP contribution is 2.40. The van der Waals surface area contributed by atoms with Gasteiger partial charge in [0.1, 0.15) is 0 Å². The molecule has 1 aliphatic carbocycles. The van der Waals surface area contributed by atoms with Crippen molar-refractivity contribution in [1.29, 1.82) is 0 Å². The summed E-state index contributed by atoms with van der Waals surface area (Å²) in [6, 6.07) is 16.8. The van der Waals surface area contributed by atoms with Crippen LogP contribution in [0.4, 0.5) is 17.1 Å². The van der Waals surface area contributed by atoms with Crippen molar-refractivity contribution in [3.05, 3.63) is 54.1 Å². The average molecular weight is 321 g/mol. The molecule has 24 heavy (non-hydrogen) atoms. The molecule has 0 spiro atoms. The van der Waals surface area contributed by atoms with Gasteiger partial charge in [0.05, 0.1) is 11.4 Å².